The number of benzene rings is 1. The number of alkyl halides is 3. The van der Waals surface area contributed by atoms with Crippen molar-refractivity contribution in [3.05, 3.63) is 35.4 Å². The number of halogens is 3. The second kappa shape index (κ2) is 4.26. The zero-order valence-corrected chi connectivity index (χ0v) is 10.5. The van der Waals surface area contributed by atoms with Crippen LogP contribution in [-0.4, -0.2) is 29.5 Å². The van der Waals surface area contributed by atoms with Crippen LogP contribution in [-0.2, 0) is 0 Å². The maximum absolute atomic E-state index is 13.1. The van der Waals surface area contributed by atoms with Crippen LogP contribution in [0.3, 0.4) is 0 Å². The molecule has 0 aromatic heterocycles. The van der Waals surface area contributed by atoms with Crippen LogP contribution in [0.1, 0.15) is 24.5 Å². The molecule has 0 aliphatic carbocycles. The van der Waals surface area contributed by atoms with E-state index in [-0.39, 0.29) is 6.42 Å². The fourth-order valence-electron chi connectivity index (χ4n) is 2.03. The molecule has 0 N–H and O–H groups in total. The summed E-state index contributed by atoms with van der Waals surface area (Å²) in [6.07, 6.45) is -4.64. The second-order valence-corrected chi connectivity index (χ2v) is 4.68. The predicted octanol–water partition coefficient (Wildman–Crippen LogP) is 2.92. The summed E-state index contributed by atoms with van der Waals surface area (Å²) in [5, 5.41) is 13.9. The second-order valence-electron chi connectivity index (χ2n) is 4.68. The van der Waals surface area contributed by atoms with E-state index < -0.39 is 11.7 Å². The first-order valence-electron chi connectivity index (χ1n) is 5.67. The Kier molecular flexibility index (Phi) is 3.01. The molecule has 0 bridgehead atoms. The summed E-state index contributed by atoms with van der Waals surface area (Å²) in [6.45, 7) is 1.11. The van der Waals surface area contributed by atoms with Crippen LogP contribution in [0.5, 0.6) is 0 Å². The first-order chi connectivity index (χ1) is 8.79. The molecule has 0 saturated heterocycles. The molecule has 19 heavy (non-hydrogen) atoms. The lowest BCUT2D eigenvalue weighted by molar-refractivity contribution is -0.216. The van der Waals surface area contributed by atoms with Crippen molar-refractivity contribution < 1.29 is 13.2 Å². The normalized spacial score (nSPS) is 23.2. The lowest BCUT2D eigenvalue weighted by atomic mass is 9.91. The molecule has 1 atom stereocenters. The largest absolute Gasteiger partial charge is 0.413 e. The third-order valence-corrected chi connectivity index (χ3v) is 3.47. The molecule has 1 aliphatic rings. The van der Waals surface area contributed by atoms with E-state index in [1.54, 1.807) is 24.3 Å². The fourth-order valence-corrected chi connectivity index (χ4v) is 2.03. The minimum absolute atomic E-state index is 0.258. The van der Waals surface area contributed by atoms with Gasteiger partial charge in [0, 0.05) is 19.0 Å². The van der Waals surface area contributed by atoms with Gasteiger partial charge in [-0.25, -0.2) is 0 Å². The molecule has 0 amide bonds. The maximum atomic E-state index is 13.1. The summed E-state index contributed by atoms with van der Waals surface area (Å²) in [6, 6.07) is 8.52. The average molecular weight is 267 g/mol. The molecule has 2 rings (SSSR count). The molecule has 1 unspecified atom stereocenters. The Bertz CT molecular complexity index is 571. The van der Waals surface area contributed by atoms with Gasteiger partial charge in [-0.3, -0.25) is 5.01 Å². The van der Waals surface area contributed by atoms with Crippen LogP contribution >= 0.6 is 0 Å². The highest BCUT2D eigenvalue weighted by molar-refractivity contribution is 6.04. The van der Waals surface area contributed by atoms with Gasteiger partial charge >= 0.3 is 6.18 Å². The van der Waals surface area contributed by atoms with Crippen LogP contribution in [0.25, 0.3) is 0 Å². The van der Waals surface area contributed by atoms with Crippen molar-refractivity contribution in [1.29, 1.82) is 5.26 Å². The summed E-state index contributed by atoms with van der Waals surface area (Å²) < 4.78 is 39.3. The highest BCUT2D eigenvalue weighted by Gasteiger charge is 2.57. The molecule has 100 valence electrons. The van der Waals surface area contributed by atoms with Crippen molar-refractivity contribution in [2.75, 3.05) is 7.05 Å². The van der Waals surface area contributed by atoms with Crippen LogP contribution in [0.4, 0.5) is 13.2 Å². The molecule has 0 fully saturated rings. The molecule has 0 radical (unpaired) electrons. The Balaban J connectivity index is 2.41. The number of hydrogen-bond acceptors (Lipinski definition) is 3. The Labute approximate surface area is 108 Å². The Morgan fingerprint density at radius 2 is 2.00 bits per heavy atom. The van der Waals surface area contributed by atoms with Gasteiger partial charge in [-0.15, -0.1) is 0 Å². The third kappa shape index (κ3) is 2.05. The topological polar surface area (TPSA) is 39.4 Å². The fraction of sp³-hybridized carbons (Fsp3) is 0.385. The molecule has 1 aliphatic heterocycles. The zero-order valence-electron chi connectivity index (χ0n) is 10.5. The summed E-state index contributed by atoms with van der Waals surface area (Å²) in [7, 11) is 1.30. The highest BCUT2D eigenvalue weighted by Crippen LogP contribution is 2.42. The summed E-state index contributed by atoms with van der Waals surface area (Å²) >= 11 is 0. The van der Waals surface area contributed by atoms with E-state index in [2.05, 4.69) is 5.10 Å². The van der Waals surface area contributed by atoms with E-state index in [0.29, 0.717) is 16.8 Å². The summed E-state index contributed by atoms with van der Waals surface area (Å²) in [5.74, 6) is 0. The van der Waals surface area contributed by atoms with Gasteiger partial charge in [0.1, 0.15) is 0 Å². The van der Waals surface area contributed by atoms with E-state index in [1.165, 1.54) is 7.05 Å². The van der Waals surface area contributed by atoms with Gasteiger partial charge in [-0.05, 0) is 13.0 Å². The Morgan fingerprint density at radius 3 is 2.53 bits per heavy atom. The molecule has 1 aromatic rings. The van der Waals surface area contributed by atoms with Gasteiger partial charge in [0.05, 0.1) is 17.3 Å². The standard InChI is InChI=1S/C13H12F3N3/c1-12(13(14,15)16)7-11(18-19(12)2)10-6-4-3-5-9(10)8-17/h3-6H,7H2,1-2H3. The molecule has 0 spiro atoms. The van der Waals surface area contributed by atoms with Gasteiger partial charge in [-0.2, -0.15) is 23.5 Å². The molecule has 0 saturated carbocycles. The predicted molar refractivity (Wildman–Crippen MR) is 64.5 cm³/mol. The quantitative estimate of drug-likeness (QED) is 0.784. The maximum Gasteiger partial charge on any atom is 0.413 e. The molecule has 1 heterocycles. The molecule has 1 aromatic carbocycles. The van der Waals surface area contributed by atoms with Crippen LogP contribution in [0, 0.1) is 11.3 Å². The summed E-state index contributed by atoms with van der Waals surface area (Å²) in [4.78, 5) is 0. The van der Waals surface area contributed by atoms with Crippen molar-refractivity contribution >= 4 is 5.71 Å². The van der Waals surface area contributed by atoms with E-state index >= 15 is 0 Å². The zero-order chi connectivity index (χ0) is 14.3. The van der Waals surface area contributed by atoms with E-state index in [1.807, 2.05) is 6.07 Å². The van der Waals surface area contributed by atoms with Gasteiger partial charge in [-0.1, -0.05) is 18.2 Å². The molecular weight excluding hydrogens is 255 g/mol. The van der Waals surface area contributed by atoms with Crippen molar-refractivity contribution in [3.8, 4) is 6.07 Å². The minimum Gasteiger partial charge on any atom is -0.284 e. The number of hydrogen-bond donors (Lipinski definition) is 0. The van der Waals surface area contributed by atoms with Crippen molar-refractivity contribution in [2.24, 2.45) is 5.10 Å². The molecular formula is C13H12F3N3. The van der Waals surface area contributed by atoms with E-state index in [0.717, 1.165) is 11.9 Å². The third-order valence-electron chi connectivity index (χ3n) is 3.47. The summed E-state index contributed by atoms with van der Waals surface area (Å²) in [5.41, 5.74) is -0.935. The monoisotopic (exact) mass is 267 g/mol. The van der Waals surface area contributed by atoms with Gasteiger partial charge < -0.3 is 0 Å². The molecule has 6 heteroatoms. The van der Waals surface area contributed by atoms with Crippen LogP contribution in [0.2, 0.25) is 0 Å². The van der Waals surface area contributed by atoms with E-state index in [4.69, 9.17) is 5.26 Å². The first-order valence-corrected chi connectivity index (χ1v) is 5.67. The average Bonchev–Trinajstić information content (AvgIpc) is 2.66. The SMILES string of the molecule is CN1N=C(c2ccccc2C#N)CC1(C)C(F)(F)F. The highest BCUT2D eigenvalue weighted by atomic mass is 19.4. The van der Waals surface area contributed by atoms with Gasteiger partial charge in [0.2, 0.25) is 0 Å². The van der Waals surface area contributed by atoms with Crippen LogP contribution in [0.15, 0.2) is 29.4 Å². The van der Waals surface area contributed by atoms with Crippen molar-refractivity contribution in [1.82, 2.24) is 5.01 Å². The smallest absolute Gasteiger partial charge is 0.284 e. The first kappa shape index (κ1) is 13.4. The van der Waals surface area contributed by atoms with Crippen LogP contribution < -0.4 is 0 Å². The van der Waals surface area contributed by atoms with Gasteiger partial charge in [0.15, 0.2) is 5.54 Å². The lowest BCUT2D eigenvalue weighted by Crippen LogP contribution is -2.50. The number of nitriles is 1. The number of rotatable bonds is 1. The van der Waals surface area contributed by atoms with E-state index in [9.17, 15) is 13.2 Å². The minimum atomic E-state index is -4.38. The lowest BCUT2D eigenvalue weighted by Gasteiger charge is -2.33. The molecule has 3 nitrogen and oxygen atoms in total. The van der Waals surface area contributed by atoms with Crippen molar-refractivity contribution in [3.63, 3.8) is 0 Å². The van der Waals surface area contributed by atoms with Gasteiger partial charge in [0.25, 0.3) is 0 Å². The Morgan fingerprint density at radius 1 is 1.37 bits per heavy atom. The number of hydrazone groups is 1. The Hall–Kier alpha value is -2.03. The van der Waals surface area contributed by atoms with Crippen molar-refractivity contribution in [2.45, 2.75) is 25.1 Å². The number of nitrogens with zero attached hydrogens (tertiary/aromatic N) is 3.